The maximum atomic E-state index is 10.2. The van der Waals surface area contributed by atoms with Crippen LogP contribution in [0.15, 0.2) is 0 Å². The molecule has 0 amide bonds. The molecule has 4 heteroatoms. The number of aliphatic carboxylic acids is 1. The van der Waals surface area contributed by atoms with Crippen molar-refractivity contribution in [3.05, 3.63) is 0 Å². The number of carboxylic acid groups (broad SMARTS) is 1. The highest BCUT2D eigenvalue weighted by molar-refractivity contribution is 5.85. The summed E-state index contributed by atoms with van der Waals surface area (Å²) in [6, 6.07) is 0. The lowest BCUT2D eigenvalue weighted by Gasteiger charge is -2.20. The van der Waals surface area contributed by atoms with Crippen LogP contribution in [0.4, 0.5) is 0 Å². The lowest BCUT2D eigenvalue weighted by atomic mass is 9.96. The van der Waals surface area contributed by atoms with Gasteiger partial charge in [0.25, 0.3) is 0 Å². The van der Waals surface area contributed by atoms with E-state index < -0.39 is 5.97 Å². The molecule has 0 aromatic rings. The van der Waals surface area contributed by atoms with E-state index in [2.05, 4.69) is 5.32 Å². The van der Waals surface area contributed by atoms with Gasteiger partial charge in [-0.2, -0.15) is 0 Å². The fraction of sp³-hybridized carbons (Fsp3) is 0.857. The van der Waals surface area contributed by atoms with Crippen molar-refractivity contribution in [2.75, 3.05) is 13.1 Å². The molecule has 1 atom stereocenters. The van der Waals surface area contributed by atoms with Crippen LogP contribution in [-0.2, 0) is 4.79 Å². The molecule has 1 aliphatic rings. The Hall–Kier alpha value is -0.280. The van der Waals surface area contributed by atoms with Gasteiger partial charge in [0.2, 0.25) is 0 Å². The highest BCUT2D eigenvalue weighted by atomic mass is 35.5. The SMILES string of the molecule is Cl.O=C(O)C[C@@H]1CCCNC1. The van der Waals surface area contributed by atoms with Crippen LogP contribution in [0.1, 0.15) is 19.3 Å². The second-order valence-electron chi connectivity index (χ2n) is 2.81. The Bertz CT molecular complexity index is 124. The fourth-order valence-electron chi connectivity index (χ4n) is 1.35. The second-order valence-corrected chi connectivity index (χ2v) is 2.81. The number of carboxylic acids is 1. The van der Waals surface area contributed by atoms with Crippen LogP contribution >= 0.6 is 12.4 Å². The van der Waals surface area contributed by atoms with Crippen LogP contribution in [-0.4, -0.2) is 24.2 Å². The molecular formula is C7H14ClNO2. The largest absolute Gasteiger partial charge is 0.481 e. The van der Waals surface area contributed by atoms with Crippen molar-refractivity contribution in [1.82, 2.24) is 5.32 Å². The third kappa shape index (κ3) is 4.22. The Balaban J connectivity index is 0.000001000. The molecule has 2 N–H and O–H groups in total. The highest BCUT2D eigenvalue weighted by Crippen LogP contribution is 2.13. The number of hydrogen-bond acceptors (Lipinski definition) is 2. The average Bonchev–Trinajstić information content (AvgIpc) is 1.88. The summed E-state index contributed by atoms with van der Waals surface area (Å²) in [5.41, 5.74) is 0. The van der Waals surface area contributed by atoms with Crippen molar-refractivity contribution in [1.29, 1.82) is 0 Å². The monoisotopic (exact) mass is 179 g/mol. The number of hydrogen-bond donors (Lipinski definition) is 2. The minimum Gasteiger partial charge on any atom is -0.481 e. The summed E-state index contributed by atoms with van der Waals surface area (Å²) in [5, 5.41) is 11.6. The number of nitrogens with one attached hydrogen (secondary N) is 1. The first-order chi connectivity index (χ1) is 4.79. The van der Waals surface area contributed by atoms with Crippen molar-refractivity contribution in [2.45, 2.75) is 19.3 Å². The van der Waals surface area contributed by atoms with Gasteiger partial charge in [-0.1, -0.05) is 0 Å². The molecule has 66 valence electrons. The zero-order valence-electron chi connectivity index (χ0n) is 6.38. The van der Waals surface area contributed by atoms with E-state index in [0.717, 1.165) is 25.9 Å². The van der Waals surface area contributed by atoms with Crippen LogP contribution < -0.4 is 5.32 Å². The molecule has 0 aromatic heterocycles. The molecule has 1 aliphatic heterocycles. The average molecular weight is 180 g/mol. The number of carbonyl (C=O) groups is 1. The molecule has 0 radical (unpaired) electrons. The van der Waals surface area contributed by atoms with Crippen LogP contribution in [0.5, 0.6) is 0 Å². The summed E-state index contributed by atoms with van der Waals surface area (Å²) in [4.78, 5) is 10.2. The lowest BCUT2D eigenvalue weighted by molar-refractivity contribution is -0.138. The minimum absolute atomic E-state index is 0. The van der Waals surface area contributed by atoms with Gasteiger partial charge in [-0.05, 0) is 31.8 Å². The quantitative estimate of drug-likeness (QED) is 0.662. The zero-order chi connectivity index (χ0) is 7.40. The number of rotatable bonds is 2. The second kappa shape index (κ2) is 5.38. The highest BCUT2D eigenvalue weighted by Gasteiger charge is 2.15. The van der Waals surface area contributed by atoms with Gasteiger partial charge in [-0.15, -0.1) is 12.4 Å². The van der Waals surface area contributed by atoms with Crippen LogP contribution in [0.25, 0.3) is 0 Å². The molecule has 1 saturated heterocycles. The van der Waals surface area contributed by atoms with Crippen LogP contribution in [0.3, 0.4) is 0 Å². The maximum Gasteiger partial charge on any atom is 0.303 e. The molecule has 0 saturated carbocycles. The molecule has 0 spiro atoms. The molecule has 1 fully saturated rings. The van der Waals surface area contributed by atoms with Gasteiger partial charge in [0.15, 0.2) is 0 Å². The van der Waals surface area contributed by atoms with E-state index in [0.29, 0.717) is 12.3 Å². The van der Waals surface area contributed by atoms with E-state index in [1.807, 2.05) is 0 Å². The first kappa shape index (κ1) is 10.7. The molecule has 1 rings (SSSR count). The van der Waals surface area contributed by atoms with Crippen LogP contribution in [0.2, 0.25) is 0 Å². The summed E-state index contributed by atoms with van der Waals surface area (Å²) in [6.07, 6.45) is 2.52. The van der Waals surface area contributed by atoms with Crippen molar-refractivity contribution in [3.8, 4) is 0 Å². The topological polar surface area (TPSA) is 49.3 Å². The Kier molecular flexibility index (Phi) is 5.24. The van der Waals surface area contributed by atoms with E-state index >= 15 is 0 Å². The van der Waals surface area contributed by atoms with Crippen molar-refractivity contribution < 1.29 is 9.90 Å². The lowest BCUT2D eigenvalue weighted by Crippen LogP contribution is -2.30. The standard InChI is InChI=1S/C7H13NO2.ClH/c9-7(10)4-6-2-1-3-8-5-6;/h6,8H,1-5H2,(H,9,10);1H/t6-;/m0./s1. The Morgan fingerprint density at radius 3 is 2.82 bits per heavy atom. The molecule has 1 heterocycles. The molecular weight excluding hydrogens is 166 g/mol. The van der Waals surface area contributed by atoms with E-state index in [1.165, 1.54) is 0 Å². The first-order valence-electron chi connectivity index (χ1n) is 3.71. The maximum absolute atomic E-state index is 10.2. The van der Waals surface area contributed by atoms with Crippen molar-refractivity contribution in [2.24, 2.45) is 5.92 Å². The summed E-state index contributed by atoms with van der Waals surface area (Å²) < 4.78 is 0. The van der Waals surface area contributed by atoms with Gasteiger partial charge >= 0.3 is 5.97 Å². The van der Waals surface area contributed by atoms with E-state index in [4.69, 9.17) is 5.11 Å². The summed E-state index contributed by atoms with van der Waals surface area (Å²) in [7, 11) is 0. The van der Waals surface area contributed by atoms with Crippen molar-refractivity contribution in [3.63, 3.8) is 0 Å². The van der Waals surface area contributed by atoms with Crippen LogP contribution in [0, 0.1) is 5.92 Å². The molecule has 0 aromatic carbocycles. The third-order valence-electron chi connectivity index (χ3n) is 1.86. The van der Waals surface area contributed by atoms with Gasteiger partial charge in [0.1, 0.15) is 0 Å². The van der Waals surface area contributed by atoms with E-state index in [1.54, 1.807) is 0 Å². The smallest absolute Gasteiger partial charge is 0.303 e. The minimum atomic E-state index is -0.672. The Morgan fingerprint density at radius 1 is 1.64 bits per heavy atom. The summed E-state index contributed by atoms with van der Waals surface area (Å²) >= 11 is 0. The molecule has 0 bridgehead atoms. The van der Waals surface area contributed by atoms with Gasteiger partial charge in [-0.25, -0.2) is 0 Å². The summed E-state index contributed by atoms with van der Waals surface area (Å²) in [6.45, 7) is 1.93. The van der Waals surface area contributed by atoms with E-state index in [9.17, 15) is 4.79 Å². The van der Waals surface area contributed by atoms with Gasteiger partial charge in [-0.3, -0.25) is 4.79 Å². The first-order valence-corrected chi connectivity index (χ1v) is 3.71. The molecule has 3 nitrogen and oxygen atoms in total. The predicted octanol–water partition coefficient (Wildman–Crippen LogP) is 0.882. The normalized spacial score (nSPS) is 23.8. The fourth-order valence-corrected chi connectivity index (χ4v) is 1.35. The van der Waals surface area contributed by atoms with Gasteiger partial charge in [0.05, 0.1) is 0 Å². The molecule has 0 aliphatic carbocycles. The third-order valence-corrected chi connectivity index (χ3v) is 1.86. The van der Waals surface area contributed by atoms with Crippen molar-refractivity contribution >= 4 is 18.4 Å². The Morgan fingerprint density at radius 2 is 2.36 bits per heavy atom. The molecule has 0 unspecified atom stereocenters. The number of halogens is 1. The Labute approximate surface area is 72.6 Å². The predicted molar refractivity (Wildman–Crippen MR) is 45.1 cm³/mol. The van der Waals surface area contributed by atoms with Gasteiger partial charge in [0, 0.05) is 6.42 Å². The van der Waals surface area contributed by atoms with E-state index in [-0.39, 0.29) is 12.4 Å². The summed E-state index contributed by atoms with van der Waals surface area (Å²) in [5.74, 6) is -0.306. The molecule has 11 heavy (non-hydrogen) atoms. The number of piperidine rings is 1. The zero-order valence-corrected chi connectivity index (χ0v) is 7.19. The van der Waals surface area contributed by atoms with Gasteiger partial charge < -0.3 is 10.4 Å².